The number of hydrogen-bond acceptors (Lipinski definition) is 5. The molecule has 2 N–H and O–H groups in total. The Hall–Kier alpha value is -1.95. The Balaban J connectivity index is 2.31. The van der Waals surface area contributed by atoms with Crippen molar-refractivity contribution in [2.45, 2.75) is 13.5 Å². The van der Waals surface area contributed by atoms with Crippen molar-refractivity contribution in [1.82, 2.24) is 20.2 Å². The van der Waals surface area contributed by atoms with Gasteiger partial charge < -0.3 is 10.5 Å². The van der Waals surface area contributed by atoms with Gasteiger partial charge in [0, 0.05) is 12.1 Å². The van der Waals surface area contributed by atoms with Crippen LogP contribution in [0.15, 0.2) is 24.3 Å². The molecule has 1 aromatic carbocycles. The van der Waals surface area contributed by atoms with E-state index in [9.17, 15) is 0 Å². The Morgan fingerprint density at radius 3 is 3.06 bits per heavy atom. The van der Waals surface area contributed by atoms with Crippen LogP contribution in [0, 0.1) is 0 Å². The zero-order valence-corrected chi connectivity index (χ0v) is 9.71. The predicted molar refractivity (Wildman–Crippen MR) is 63.5 cm³/mol. The summed E-state index contributed by atoms with van der Waals surface area (Å²) in [5.74, 6) is 1.52. The van der Waals surface area contributed by atoms with Gasteiger partial charge in [-0.2, -0.15) is 0 Å². The lowest BCUT2D eigenvalue weighted by Crippen LogP contribution is -2.12. The Morgan fingerprint density at radius 1 is 1.41 bits per heavy atom. The van der Waals surface area contributed by atoms with Gasteiger partial charge in [0.25, 0.3) is 0 Å². The zero-order chi connectivity index (χ0) is 12.1. The molecule has 0 aliphatic heterocycles. The second kappa shape index (κ2) is 5.40. The summed E-state index contributed by atoms with van der Waals surface area (Å²) >= 11 is 0. The van der Waals surface area contributed by atoms with E-state index in [4.69, 9.17) is 10.5 Å². The molecule has 17 heavy (non-hydrogen) atoms. The average molecular weight is 233 g/mol. The van der Waals surface area contributed by atoms with Gasteiger partial charge in [-0.05, 0) is 29.5 Å². The van der Waals surface area contributed by atoms with Gasteiger partial charge >= 0.3 is 0 Å². The summed E-state index contributed by atoms with van der Waals surface area (Å²) in [6, 6.07) is 7.69. The standard InChI is InChI=1S/C11H15N5O/c1-2-17-10-5-3-4-9(8-10)11-13-14-15-16(11)7-6-12/h3-5,8H,2,6-7,12H2,1H3. The van der Waals surface area contributed by atoms with E-state index in [1.165, 1.54) is 0 Å². The van der Waals surface area contributed by atoms with Gasteiger partial charge in [-0.3, -0.25) is 0 Å². The van der Waals surface area contributed by atoms with Crippen LogP contribution < -0.4 is 10.5 Å². The van der Waals surface area contributed by atoms with Gasteiger partial charge in [0.2, 0.25) is 0 Å². The molecule has 1 aromatic heterocycles. The van der Waals surface area contributed by atoms with E-state index in [0.717, 1.165) is 11.3 Å². The second-order valence-electron chi connectivity index (χ2n) is 3.48. The first-order valence-corrected chi connectivity index (χ1v) is 5.54. The Morgan fingerprint density at radius 2 is 2.29 bits per heavy atom. The van der Waals surface area contributed by atoms with Crippen LogP contribution in [0.1, 0.15) is 6.92 Å². The first-order chi connectivity index (χ1) is 8.35. The highest BCUT2D eigenvalue weighted by atomic mass is 16.5. The van der Waals surface area contributed by atoms with Crippen molar-refractivity contribution >= 4 is 0 Å². The highest BCUT2D eigenvalue weighted by Gasteiger charge is 2.08. The van der Waals surface area contributed by atoms with E-state index in [1.807, 2.05) is 31.2 Å². The van der Waals surface area contributed by atoms with Crippen LogP contribution in [-0.4, -0.2) is 33.4 Å². The maximum atomic E-state index is 5.50. The maximum absolute atomic E-state index is 5.50. The number of benzene rings is 1. The minimum Gasteiger partial charge on any atom is -0.494 e. The fourth-order valence-electron chi connectivity index (χ4n) is 1.58. The molecule has 0 saturated carbocycles. The van der Waals surface area contributed by atoms with E-state index in [-0.39, 0.29) is 0 Å². The summed E-state index contributed by atoms with van der Waals surface area (Å²) < 4.78 is 7.13. The first-order valence-electron chi connectivity index (χ1n) is 5.54. The van der Waals surface area contributed by atoms with Crippen LogP contribution in [0.25, 0.3) is 11.4 Å². The second-order valence-corrected chi connectivity index (χ2v) is 3.48. The van der Waals surface area contributed by atoms with Crippen LogP contribution in [-0.2, 0) is 6.54 Å². The fourth-order valence-corrected chi connectivity index (χ4v) is 1.58. The van der Waals surface area contributed by atoms with E-state index < -0.39 is 0 Å². The normalized spacial score (nSPS) is 10.5. The number of rotatable bonds is 5. The third kappa shape index (κ3) is 2.59. The van der Waals surface area contributed by atoms with Crippen molar-refractivity contribution in [1.29, 1.82) is 0 Å². The van der Waals surface area contributed by atoms with Crippen LogP contribution >= 0.6 is 0 Å². The number of nitrogens with two attached hydrogens (primary N) is 1. The molecule has 90 valence electrons. The molecule has 0 aliphatic rings. The van der Waals surface area contributed by atoms with Gasteiger partial charge in [-0.15, -0.1) is 5.10 Å². The van der Waals surface area contributed by atoms with E-state index >= 15 is 0 Å². The smallest absolute Gasteiger partial charge is 0.182 e. The van der Waals surface area contributed by atoms with Crippen molar-refractivity contribution in [3.8, 4) is 17.1 Å². The molecule has 0 radical (unpaired) electrons. The lowest BCUT2D eigenvalue weighted by molar-refractivity contribution is 0.340. The number of ether oxygens (including phenoxy) is 1. The molecule has 0 atom stereocenters. The SMILES string of the molecule is CCOc1cccc(-c2nnnn2CCN)c1. The Labute approximate surface area is 99.4 Å². The number of nitrogens with zero attached hydrogens (tertiary/aromatic N) is 4. The van der Waals surface area contributed by atoms with E-state index in [0.29, 0.717) is 25.5 Å². The minimum atomic E-state index is 0.503. The van der Waals surface area contributed by atoms with Crippen LogP contribution in [0.3, 0.4) is 0 Å². The molecule has 0 fully saturated rings. The predicted octanol–water partition coefficient (Wildman–Crippen LogP) is 0.697. The van der Waals surface area contributed by atoms with Gasteiger partial charge in [-0.25, -0.2) is 4.68 Å². The van der Waals surface area contributed by atoms with Crippen LogP contribution in [0.2, 0.25) is 0 Å². The molecule has 6 nitrogen and oxygen atoms in total. The molecule has 0 spiro atoms. The Kier molecular flexibility index (Phi) is 3.66. The highest BCUT2D eigenvalue weighted by Crippen LogP contribution is 2.21. The largest absolute Gasteiger partial charge is 0.494 e. The third-order valence-corrected chi connectivity index (χ3v) is 2.28. The molecule has 0 bridgehead atoms. The summed E-state index contributed by atoms with van der Waals surface area (Å²) in [6.45, 7) is 3.69. The summed E-state index contributed by atoms with van der Waals surface area (Å²) in [4.78, 5) is 0. The summed E-state index contributed by atoms with van der Waals surface area (Å²) in [5.41, 5.74) is 6.43. The van der Waals surface area contributed by atoms with Gasteiger partial charge in [-0.1, -0.05) is 12.1 Å². The maximum Gasteiger partial charge on any atom is 0.182 e. The van der Waals surface area contributed by atoms with Gasteiger partial charge in [0.1, 0.15) is 5.75 Å². The molecule has 2 rings (SSSR count). The van der Waals surface area contributed by atoms with Crippen molar-refractivity contribution in [3.05, 3.63) is 24.3 Å². The molecule has 2 aromatic rings. The molecule has 0 saturated heterocycles. The summed E-state index contributed by atoms with van der Waals surface area (Å²) in [6.07, 6.45) is 0. The first kappa shape index (κ1) is 11.5. The van der Waals surface area contributed by atoms with Crippen molar-refractivity contribution < 1.29 is 4.74 Å². The van der Waals surface area contributed by atoms with E-state index in [1.54, 1.807) is 4.68 Å². The summed E-state index contributed by atoms with van der Waals surface area (Å²) in [7, 11) is 0. The number of tetrazole rings is 1. The number of hydrogen-bond donors (Lipinski definition) is 1. The molecular formula is C11H15N5O. The van der Waals surface area contributed by atoms with Crippen LogP contribution in [0.5, 0.6) is 5.75 Å². The number of aromatic nitrogens is 4. The van der Waals surface area contributed by atoms with Crippen LogP contribution in [0.4, 0.5) is 0 Å². The van der Waals surface area contributed by atoms with Crippen molar-refractivity contribution in [3.63, 3.8) is 0 Å². The summed E-state index contributed by atoms with van der Waals surface area (Å²) in [5, 5.41) is 11.5. The van der Waals surface area contributed by atoms with Gasteiger partial charge in [0.05, 0.1) is 13.2 Å². The third-order valence-electron chi connectivity index (χ3n) is 2.28. The molecule has 1 heterocycles. The molecule has 6 heteroatoms. The lowest BCUT2D eigenvalue weighted by Gasteiger charge is -2.06. The topological polar surface area (TPSA) is 78.9 Å². The molecule has 0 amide bonds. The van der Waals surface area contributed by atoms with Crippen molar-refractivity contribution in [2.75, 3.05) is 13.2 Å². The Bertz CT molecular complexity index is 482. The average Bonchev–Trinajstić information content (AvgIpc) is 2.79. The molecule has 0 aliphatic carbocycles. The monoisotopic (exact) mass is 233 g/mol. The molecule has 0 unspecified atom stereocenters. The quantitative estimate of drug-likeness (QED) is 0.822. The highest BCUT2D eigenvalue weighted by molar-refractivity contribution is 5.57. The molecular weight excluding hydrogens is 218 g/mol. The van der Waals surface area contributed by atoms with Crippen molar-refractivity contribution in [2.24, 2.45) is 5.73 Å². The van der Waals surface area contributed by atoms with Gasteiger partial charge in [0.15, 0.2) is 5.82 Å². The minimum absolute atomic E-state index is 0.503. The zero-order valence-electron chi connectivity index (χ0n) is 9.71. The fraction of sp³-hybridized carbons (Fsp3) is 0.364. The lowest BCUT2D eigenvalue weighted by atomic mass is 10.2. The van der Waals surface area contributed by atoms with E-state index in [2.05, 4.69) is 15.5 Å².